The molecule has 9 nitrogen and oxygen atoms in total. The van der Waals surface area contributed by atoms with E-state index in [0.717, 1.165) is 21.7 Å². The van der Waals surface area contributed by atoms with Crippen LogP contribution >= 0.6 is 11.6 Å². The molecule has 0 bridgehead atoms. The van der Waals surface area contributed by atoms with Crippen LogP contribution in [0.3, 0.4) is 0 Å². The first-order valence-corrected chi connectivity index (χ1v) is 17.5. The maximum Gasteiger partial charge on any atom is 0.260 e. The summed E-state index contributed by atoms with van der Waals surface area (Å²) < 4.78 is 5.54. The van der Waals surface area contributed by atoms with Gasteiger partial charge in [-0.05, 0) is 66.6 Å². The minimum atomic E-state index is -1.47. The van der Waals surface area contributed by atoms with Gasteiger partial charge in [-0.25, -0.2) is 0 Å². The van der Waals surface area contributed by atoms with Crippen molar-refractivity contribution in [3.05, 3.63) is 136 Å². The average molecular weight is 702 g/mol. The van der Waals surface area contributed by atoms with E-state index in [-0.39, 0.29) is 41.3 Å². The van der Waals surface area contributed by atoms with E-state index in [0.29, 0.717) is 23.2 Å². The number of imide groups is 2. The van der Waals surface area contributed by atoms with Crippen LogP contribution in [0.2, 0.25) is 5.02 Å². The lowest BCUT2D eigenvalue weighted by Gasteiger charge is -2.50. The largest absolute Gasteiger partial charge is 0.503 e. The highest BCUT2D eigenvalue weighted by Gasteiger charge is 2.70. The van der Waals surface area contributed by atoms with E-state index in [1.807, 2.05) is 97.9 Å². The topological polar surface area (TPSA) is 116 Å². The third kappa shape index (κ3) is 4.97. The number of hydrogen-bond acceptors (Lipinski definition) is 7. The first-order chi connectivity index (χ1) is 24.6. The lowest BCUT2D eigenvalue weighted by Crippen LogP contribution is -2.53. The molecule has 2 aliphatic heterocycles. The van der Waals surface area contributed by atoms with Crippen molar-refractivity contribution in [2.45, 2.75) is 37.6 Å². The van der Waals surface area contributed by atoms with Crippen LogP contribution in [0.5, 0.6) is 11.5 Å². The van der Waals surface area contributed by atoms with E-state index >= 15 is 4.79 Å². The predicted octanol–water partition coefficient (Wildman–Crippen LogP) is 6.55. The average Bonchev–Trinajstić information content (AvgIpc) is 3.51. The molecular weight excluding hydrogens is 666 g/mol. The summed E-state index contributed by atoms with van der Waals surface area (Å²) in [6.45, 7) is 2.11. The van der Waals surface area contributed by atoms with Crippen molar-refractivity contribution in [2.75, 3.05) is 12.5 Å². The van der Waals surface area contributed by atoms with Crippen LogP contribution in [0, 0.1) is 30.6 Å². The predicted molar refractivity (Wildman–Crippen MR) is 190 cm³/mol. The highest BCUT2D eigenvalue weighted by Crippen LogP contribution is 2.64. The van der Waals surface area contributed by atoms with Crippen molar-refractivity contribution in [3.8, 4) is 11.5 Å². The minimum Gasteiger partial charge on any atom is -0.503 e. The molecule has 4 amide bonds. The summed E-state index contributed by atoms with van der Waals surface area (Å²) in [5, 5.41) is 11.9. The maximum atomic E-state index is 15.3. The molecule has 4 aliphatic rings. The van der Waals surface area contributed by atoms with Crippen molar-refractivity contribution in [3.63, 3.8) is 0 Å². The number of nitrogens with zero attached hydrogens (tertiary/aromatic N) is 2. The van der Waals surface area contributed by atoms with Gasteiger partial charge in [0, 0.05) is 5.92 Å². The number of nitrogens with one attached hydrogen (secondary N) is 1. The van der Waals surface area contributed by atoms with E-state index in [2.05, 4.69) is 5.43 Å². The fourth-order valence-electron chi connectivity index (χ4n) is 9.03. The van der Waals surface area contributed by atoms with Gasteiger partial charge in [-0.3, -0.25) is 29.5 Å². The molecule has 0 radical (unpaired) electrons. The summed E-state index contributed by atoms with van der Waals surface area (Å²) in [5.41, 5.74) is 6.05. The van der Waals surface area contributed by atoms with Crippen LogP contribution in [0.1, 0.15) is 41.0 Å². The number of phenols is 1. The van der Waals surface area contributed by atoms with Gasteiger partial charge in [0.05, 0.1) is 47.5 Å². The van der Waals surface area contributed by atoms with Gasteiger partial charge in [0.1, 0.15) is 0 Å². The van der Waals surface area contributed by atoms with Gasteiger partial charge in [0.2, 0.25) is 11.8 Å². The summed E-state index contributed by atoms with van der Waals surface area (Å²) >= 11 is 6.64. The Hall–Kier alpha value is -5.41. The lowest BCUT2D eigenvalue weighted by atomic mass is 9.49. The SMILES string of the molecule is COc1cc(C2C3=CCC4C(=O)N(Cc5ccccc5)C(=O)C4C3CC3C(=O)N(Nc4ccc(C)cc4)C(=O)C32c2ccccc2)cc(Cl)c1O. The van der Waals surface area contributed by atoms with E-state index in [1.54, 1.807) is 12.1 Å². The van der Waals surface area contributed by atoms with Gasteiger partial charge in [-0.1, -0.05) is 102 Å². The zero-order valence-corrected chi connectivity index (χ0v) is 28.8. The Bertz CT molecular complexity index is 2100. The Kier molecular flexibility index (Phi) is 7.98. The molecule has 0 spiro atoms. The number of phenolic OH excluding ortho intramolecular Hbond substituents is 1. The number of rotatable bonds is 7. The number of fused-ring (bicyclic) bond motifs is 4. The number of hydrazine groups is 1. The van der Waals surface area contributed by atoms with Crippen molar-refractivity contribution >= 4 is 40.9 Å². The number of aryl methyl sites for hydroxylation is 1. The first-order valence-electron chi connectivity index (χ1n) is 17.1. The maximum absolute atomic E-state index is 15.3. The zero-order valence-electron chi connectivity index (χ0n) is 28.1. The van der Waals surface area contributed by atoms with E-state index in [4.69, 9.17) is 16.3 Å². The smallest absolute Gasteiger partial charge is 0.260 e. The molecule has 6 unspecified atom stereocenters. The van der Waals surface area contributed by atoms with E-state index < -0.39 is 46.8 Å². The lowest BCUT2D eigenvalue weighted by molar-refractivity contribution is -0.142. The number of likely N-dealkylation sites (tertiary alicyclic amines) is 1. The van der Waals surface area contributed by atoms with Crippen molar-refractivity contribution in [1.82, 2.24) is 9.91 Å². The molecule has 6 atom stereocenters. The van der Waals surface area contributed by atoms with Crippen molar-refractivity contribution in [2.24, 2.45) is 23.7 Å². The van der Waals surface area contributed by atoms with Crippen molar-refractivity contribution in [1.29, 1.82) is 0 Å². The number of benzene rings is 4. The minimum absolute atomic E-state index is 0.0214. The number of carbonyl (C=O) groups excluding carboxylic acids is 4. The van der Waals surface area contributed by atoms with Crippen LogP contribution in [-0.4, -0.2) is 45.8 Å². The molecule has 8 rings (SSSR count). The summed E-state index contributed by atoms with van der Waals surface area (Å²) in [6.07, 6.45) is 2.47. The van der Waals surface area contributed by atoms with E-state index in [1.165, 1.54) is 12.0 Å². The summed E-state index contributed by atoms with van der Waals surface area (Å²) in [4.78, 5) is 59.8. The Morgan fingerprint density at radius 1 is 0.882 bits per heavy atom. The molecule has 10 heteroatoms. The third-order valence-electron chi connectivity index (χ3n) is 11.3. The van der Waals surface area contributed by atoms with Crippen LogP contribution in [0.25, 0.3) is 0 Å². The summed E-state index contributed by atoms with van der Waals surface area (Å²) in [6, 6.07) is 29.3. The fourth-order valence-corrected chi connectivity index (χ4v) is 9.24. The molecule has 4 aromatic rings. The van der Waals surface area contributed by atoms with Crippen LogP contribution < -0.4 is 10.2 Å². The molecule has 2 aliphatic carbocycles. The Morgan fingerprint density at radius 3 is 2.25 bits per heavy atom. The molecule has 3 fully saturated rings. The van der Waals surface area contributed by atoms with Crippen LogP contribution in [0.4, 0.5) is 5.69 Å². The second-order valence-corrected chi connectivity index (χ2v) is 14.3. The number of anilines is 1. The molecule has 0 aromatic heterocycles. The fraction of sp³-hybridized carbons (Fsp3) is 0.268. The third-order valence-corrected chi connectivity index (χ3v) is 11.6. The van der Waals surface area contributed by atoms with E-state index in [9.17, 15) is 19.5 Å². The Morgan fingerprint density at radius 2 is 1.57 bits per heavy atom. The van der Waals surface area contributed by atoms with Crippen LogP contribution in [0.15, 0.2) is 109 Å². The van der Waals surface area contributed by atoms with Gasteiger partial charge >= 0.3 is 0 Å². The number of ether oxygens (including phenoxy) is 1. The number of allylic oxidation sites excluding steroid dienone is 2. The Labute approximate surface area is 300 Å². The van der Waals surface area contributed by atoms with Gasteiger partial charge < -0.3 is 9.84 Å². The first kappa shape index (κ1) is 32.8. The van der Waals surface area contributed by atoms with Crippen molar-refractivity contribution < 1.29 is 29.0 Å². The number of carbonyl (C=O) groups is 4. The monoisotopic (exact) mass is 701 g/mol. The number of hydrogen-bond donors (Lipinski definition) is 2. The second kappa shape index (κ2) is 12.4. The number of methoxy groups -OCH3 is 1. The highest BCUT2D eigenvalue weighted by atomic mass is 35.5. The molecule has 2 heterocycles. The summed E-state index contributed by atoms with van der Waals surface area (Å²) in [7, 11) is 1.42. The summed E-state index contributed by atoms with van der Waals surface area (Å²) in [5.74, 6) is -5.06. The quantitative estimate of drug-likeness (QED) is 0.166. The number of halogens is 1. The molecule has 258 valence electrons. The van der Waals surface area contributed by atoms with Gasteiger partial charge in [-0.15, -0.1) is 0 Å². The van der Waals surface area contributed by atoms with Gasteiger partial charge in [0.15, 0.2) is 11.5 Å². The Balaban J connectivity index is 1.32. The van der Waals surface area contributed by atoms with Gasteiger partial charge in [0.25, 0.3) is 11.8 Å². The zero-order chi connectivity index (χ0) is 35.6. The number of aromatic hydroxyl groups is 1. The molecule has 4 aromatic carbocycles. The molecule has 1 saturated carbocycles. The number of amides is 4. The highest BCUT2D eigenvalue weighted by molar-refractivity contribution is 6.32. The normalized spacial score (nSPS) is 26.8. The molecule has 2 saturated heterocycles. The molecule has 2 N–H and O–H groups in total. The standard InChI is InChI=1S/C41H36ClN3O6/c1-23-13-15-27(16-14-23)43-45-38(48)31-21-30-28(17-18-29-34(30)39(49)44(37(29)47)22-24-9-5-3-6-10-24)35(25-19-32(42)36(46)33(20-25)51-2)41(31,40(45)50)26-11-7-4-8-12-26/h3-17,19-20,29-31,34-35,43,46H,18,21-22H2,1-2H3. The second-order valence-electron chi connectivity index (χ2n) is 13.9. The van der Waals surface area contributed by atoms with Gasteiger partial charge in [-0.2, -0.15) is 5.01 Å². The van der Waals surface area contributed by atoms with Crippen LogP contribution in [-0.2, 0) is 31.1 Å². The molecule has 51 heavy (non-hydrogen) atoms. The molecular formula is C41H36ClN3O6.